The Bertz CT molecular complexity index is 162. The van der Waals surface area contributed by atoms with Crippen LogP contribution in [0.5, 0.6) is 0 Å². The second-order valence-electron chi connectivity index (χ2n) is 2.73. The molecule has 0 radical (unpaired) electrons. The molecule has 0 aromatic carbocycles. The van der Waals surface area contributed by atoms with Crippen LogP contribution in [0.15, 0.2) is 9.66 Å². The monoisotopic (exact) mass is 281 g/mol. The van der Waals surface area contributed by atoms with Crippen LogP contribution < -0.4 is 5.32 Å². The van der Waals surface area contributed by atoms with E-state index in [2.05, 4.69) is 34.8 Å². The van der Waals surface area contributed by atoms with Gasteiger partial charge in [-0.05, 0) is 39.5 Å². The molecule has 0 spiro atoms. The summed E-state index contributed by atoms with van der Waals surface area (Å²) in [7, 11) is 0. The molecule has 70 valence electrons. The van der Waals surface area contributed by atoms with Gasteiger partial charge < -0.3 is 5.32 Å². The Morgan fingerprint density at radius 3 is 2.67 bits per heavy atom. The summed E-state index contributed by atoms with van der Waals surface area (Å²) in [5, 5.41) is 2.83. The SMILES string of the molecule is CCCCCNC(=O)/C=C(/C)I. The quantitative estimate of drug-likeness (QED) is 0.468. The molecule has 1 amide bonds. The highest BCUT2D eigenvalue weighted by Gasteiger charge is 1.94. The summed E-state index contributed by atoms with van der Waals surface area (Å²) >= 11 is 2.13. The van der Waals surface area contributed by atoms with Crippen molar-refractivity contribution >= 4 is 28.5 Å². The molecule has 0 unspecified atom stereocenters. The molecule has 1 N–H and O–H groups in total. The molecule has 0 aliphatic carbocycles. The van der Waals surface area contributed by atoms with Crippen molar-refractivity contribution in [2.45, 2.75) is 33.1 Å². The summed E-state index contributed by atoms with van der Waals surface area (Å²) in [6, 6.07) is 0. The van der Waals surface area contributed by atoms with E-state index in [1.54, 1.807) is 6.08 Å². The van der Waals surface area contributed by atoms with E-state index in [1.807, 2.05) is 6.92 Å². The van der Waals surface area contributed by atoms with Crippen LogP contribution in [0.4, 0.5) is 0 Å². The smallest absolute Gasteiger partial charge is 0.244 e. The van der Waals surface area contributed by atoms with E-state index in [1.165, 1.54) is 12.8 Å². The number of hydrogen-bond acceptors (Lipinski definition) is 1. The Kier molecular flexibility index (Phi) is 7.54. The Balaban J connectivity index is 3.39. The van der Waals surface area contributed by atoms with Gasteiger partial charge in [-0.2, -0.15) is 0 Å². The number of rotatable bonds is 5. The normalized spacial score (nSPS) is 11.4. The van der Waals surface area contributed by atoms with Gasteiger partial charge in [0.1, 0.15) is 0 Å². The Morgan fingerprint density at radius 1 is 1.50 bits per heavy atom. The molecule has 0 aliphatic heterocycles. The minimum Gasteiger partial charge on any atom is -0.353 e. The van der Waals surface area contributed by atoms with Crippen molar-refractivity contribution in [3.63, 3.8) is 0 Å². The molecule has 0 aromatic heterocycles. The number of carbonyl (C=O) groups is 1. The topological polar surface area (TPSA) is 29.1 Å². The van der Waals surface area contributed by atoms with E-state index in [0.29, 0.717) is 0 Å². The van der Waals surface area contributed by atoms with Crippen LogP contribution in [-0.4, -0.2) is 12.5 Å². The van der Waals surface area contributed by atoms with Gasteiger partial charge in [-0.3, -0.25) is 4.79 Å². The fourth-order valence-electron chi connectivity index (χ4n) is 0.818. The first-order chi connectivity index (χ1) is 5.66. The molecular formula is C9H16INO. The maximum absolute atomic E-state index is 11.0. The highest BCUT2D eigenvalue weighted by molar-refractivity contribution is 14.1. The van der Waals surface area contributed by atoms with Crippen molar-refractivity contribution in [1.29, 1.82) is 0 Å². The average molecular weight is 281 g/mol. The molecule has 0 rings (SSSR count). The van der Waals surface area contributed by atoms with Gasteiger partial charge in [0.05, 0.1) is 0 Å². The first-order valence-electron chi connectivity index (χ1n) is 4.28. The van der Waals surface area contributed by atoms with Crippen molar-refractivity contribution in [1.82, 2.24) is 5.32 Å². The summed E-state index contributed by atoms with van der Waals surface area (Å²) < 4.78 is 1.01. The third-order valence-corrected chi connectivity index (χ3v) is 1.72. The van der Waals surface area contributed by atoms with Crippen LogP contribution in [0.25, 0.3) is 0 Å². The summed E-state index contributed by atoms with van der Waals surface area (Å²) in [6.45, 7) is 4.86. The molecule has 2 nitrogen and oxygen atoms in total. The van der Waals surface area contributed by atoms with E-state index in [-0.39, 0.29) is 5.91 Å². The van der Waals surface area contributed by atoms with Gasteiger partial charge in [-0.25, -0.2) is 0 Å². The van der Waals surface area contributed by atoms with Crippen molar-refractivity contribution < 1.29 is 4.79 Å². The maximum Gasteiger partial charge on any atom is 0.244 e. The van der Waals surface area contributed by atoms with Gasteiger partial charge in [0, 0.05) is 12.6 Å². The summed E-state index contributed by atoms with van der Waals surface area (Å²) in [4.78, 5) is 11.0. The van der Waals surface area contributed by atoms with Gasteiger partial charge in [-0.1, -0.05) is 19.8 Å². The average Bonchev–Trinajstić information content (AvgIpc) is 1.97. The number of hydrogen-bond donors (Lipinski definition) is 1. The minimum absolute atomic E-state index is 0.0259. The standard InChI is InChI=1S/C9H16INO/c1-3-4-5-6-11-9(12)7-8(2)10/h7H,3-6H2,1-2H3,(H,11,12)/b8-7-. The van der Waals surface area contributed by atoms with E-state index in [9.17, 15) is 4.79 Å². The molecule has 0 aromatic rings. The van der Waals surface area contributed by atoms with Gasteiger partial charge >= 0.3 is 0 Å². The number of unbranched alkanes of at least 4 members (excludes halogenated alkanes) is 2. The highest BCUT2D eigenvalue weighted by atomic mass is 127. The van der Waals surface area contributed by atoms with Crippen LogP contribution in [-0.2, 0) is 4.79 Å². The van der Waals surface area contributed by atoms with Gasteiger partial charge in [0.2, 0.25) is 5.91 Å². The zero-order valence-electron chi connectivity index (χ0n) is 7.69. The Hall–Kier alpha value is -0.0600. The number of allylic oxidation sites excluding steroid dienone is 1. The Morgan fingerprint density at radius 2 is 2.17 bits per heavy atom. The number of carbonyl (C=O) groups excluding carboxylic acids is 1. The molecule has 0 heterocycles. The van der Waals surface area contributed by atoms with Gasteiger partial charge in [-0.15, -0.1) is 0 Å². The van der Waals surface area contributed by atoms with Crippen LogP contribution in [0.3, 0.4) is 0 Å². The molecule has 3 heteroatoms. The first kappa shape index (κ1) is 11.9. The third kappa shape index (κ3) is 8.04. The lowest BCUT2D eigenvalue weighted by Gasteiger charge is -2.00. The molecule has 12 heavy (non-hydrogen) atoms. The van der Waals surface area contributed by atoms with E-state index in [0.717, 1.165) is 16.5 Å². The molecule has 0 atom stereocenters. The zero-order chi connectivity index (χ0) is 9.40. The predicted molar refractivity (Wildman–Crippen MR) is 60.3 cm³/mol. The van der Waals surface area contributed by atoms with Crippen LogP contribution in [0, 0.1) is 0 Å². The first-order valence-corrected chi connectivity index (χ1v) is 5.36. The van der Waals surface area contributed by atoms with Gasteiger partial charge in [0.15, 0.2) is 0 Å². The van der Waals surface area contributed by atoms with Crippen LogP contribution >= 0.6 is 22.6 Å². The molecular weight excluding hydrogens is 265 g/mol. The van der Waals surface area contributed by atoms with Crippen molar-refractivity contribution in [2.75, 3.05) is 6.54 Å². The molecule has 0 bridgehead atoms. The second-order valence-corrected chi connectivity index (χ2v) is 4.43. The number of halogens is 1. The largest absolute Gasteiger partial charge is 0.353 e. The van der Waals surface area contributed by atoms with Crippen molar-refractivity contribution in [3.8, 4) is 0 Å². The van der Waals surface area contributed by atoms with Crippen LogP contribution in [0.1, 0.15) is 33.1 Å². The predicted octanol–water partition coefficient (Wildman–Crippen LogP) is 2.63. The minimum atomic E-state index is 0.0259. The number of amides is 1. The lowest BCUT2D eigenvalue weighted by molar-refractivity contribution is -0.116. The maximum atomic E-state index is 11.0. The lowest BCUT2D eigenvalue weighted by atomic mass is 10.2. The fourth-order valence-corrected chi connectivity index (χ4v) is 1.10. The summed E-state index contributed by atoms with van der Waals surface area (Å²) in [5.41, 5.74) is 0. The second kappa shape index (κ2) is 7.58. The number of nitrogens with one attached hydrogen (secondary N) is 1. The summed E-state index contributed by atoms with van der Waals surface area (Å²) in [6.07, 6.45) is 5.08. The van der Waals surface area contributed by atoms with Gasteiger partial charge in [0.25, 0.3) is 0 Å². The molecule has 0 saturated carbocycles. The highest BCUT2D eigenvalue weighted by Crippen LogP contribution is 2.01. The van der Waals surface area contributed by atoms with E-state index < -0.39 is 0 Å². The third-order valence-electron chi connectivity index (χ3n) is 1.41. The Labute approximate surface area is 87.9 Å². The summed E-state index contributed by atoms with van der Waals surface area (Å²) in [5.74, 6) is 0.0259. The zero-order valence-corrected chi connectivity index (χ0v) is 9.85. The van der Waals surface area contributed by atoms with Crippen molar-refractivity contribution in [3.05, 3.63) is 9.66 Å². The molecule has 0 fully saturated rings. The van der Waals surface area contributed by atoms with Crippen LogP contribution in [0.2, 0.25) is 0 Å². The molecule has 0 saturated heterocycles. The van der Waals surface area contributed by atoms with E-state index in [4.69, 9.17) is 0 Å². The fraction of sp³-hybridized carbons (Fsp3) is 0.667. The van der Waals surface area contributed by atoms with E-state index >= 15 is 0 Å². The lowest BCUT2D eigenvalue weighted by Crippen LogP contribution is -2.22. The van der Waals surface area contributed by atoms with Crippen molar-refractivity contribution in [2.24, 2.45) is 0 Å². The molecule has 0 aliphatic rings.